The third kappa shape index (κ3) is 3.84. The average Bonchev–Trinajstić information content (AvgIpc) is 2.53. The smallest absolute Gasteiger partial charge is 0.328 e. The Labute approximate surface area is 124 Å². The van der Waals surface area contributed by atoms with Gasteiger partial charge in [0.1, 0.15) is 6.04 Å². The molecule has 21 heavy (non-hydrogen) atoms. The minimum Gasteiger partial charge on any atom is -0.467 e. The molecule has 1 aliphatic heterocycles. The fraction of sp³-hybridized carbons (Fsp3) is 0.375. The third-order valence-corrected chi connectivity index (χ3v) is 3.61. The molecule has 1 unspecified atom stereocenters. The van der Waals surface area contributed by atoms with Crippen molar-refractivity contribution in [2.75, 3.05) is 19.4 Å². The molecule has 112 valence electrons. The maximum Gasteiger partial charge on any atom is 0.328 e. The van der Waals surface area contributed by atoms with Gasteiger partial charge >= 0.3 is 5.97 Å². The summed E-state index contributed by atoms with van der Waals surface area (Å²) in [5.41, 5.74) is 7.19. The van der Waals surface area contributed by atoms with Crippen LogP contribution < -0.4 is 5.73 Å². The Morgan fingerprint density at radius 3 is 2.67 bits per heavy atom. The molecule has 0 aromatic heterocycles. The second-order valence-electron chi connectivity index (χ2n) is 5.07. The lowest BCUT2D eigenvalue weighted by Crippen LogP contribution is -2.47. The van der Waals surface area contributed by atoms with Crippen molar-refractivity contribution in [3.63, 3.8) is 0 Å². The summed E-state index contributed by atoms with van der Waals surface area (Å²) < 4.78 is 4.78. The molecule has 1 saturated heterocycles. The molecule has 0 radical (unpaired) electrons. The molecule has 2 rings (SSSR count). The summed E-state index contributed by atoms with van der Waals surface area (Å²) in [4.78, 5) is 25.6. The molecule has 1 aromatic carbocycles. The van der Waals surface area contributed by atoms with Crippen molar-refractivity contribution in [1.29, 1.82) is 0 Å². The second kappa shape index (κ2) is 6.92. The maximum atomic E-state index is 12.3. The molecule has 0 spiro atoms. The van der Waals surface area contributed by atoms with Crippen LogP contribution in [-0.2, 0) is 14.3 Å². The number of nitrogens with zero attached hydrogens (tertiary/aromatic N) is 1. The largest absolute Gasteiger partial charge is 0.467 e. The first-order valence-electron chi connectivity index (χ1n) is 7.04. The van der Waals surface area contributed by atoms with Crippen LogP contribution in [0.15, 0.2) is 30.3 Å². The summed E-state index contributed by atoms with van der Waals surface area (Å²) in [6.45, 7) is 0.588. The third-order valence-electron chi connectivity index (χ3n) is 3.61. The first-order valence-corrected chi connectivity index (χ1v) is 7.04. The van der Waals surface area contributed by atoms with Gasteiger partial charge < -0.3 is 15.4 Å². The van der Waals surface area contributed by atoms with E-state index in [1.807, 2.05) is 12.1 Å². The standard InChI is InChI=1S/C16H20N2O3/c1-21-16(20)14-4-2-3-11-18(14)15(19)10-7-12-5-8-13(17)9-6-12/h5-10,14H,2-4,11,17H2,1H3/b10-7+. The van der Waals surface area contributed by atoms with E-state index >= 15 is 0 Å². The molecule has 1 atom stereocenters. The topological polar surface area (TPSA) is 72.6 Å². The van der Waals surface area contributed by atoms with E-state index in [2.05, 4.69) is 0 Å². The number of carbonyl (C=O) groups excluding carboxylic acids is 2. The maximum absolute atomic E-state index is 12.3. The van der Waals surface area contributed by atoms with Crippen LogP contribution in [0.2, 0.25) is 0 Å². The van der Waals surface area contributed by atoms with Crippen LogP contribution in [0.5, 0.6) is 0 Å². The van der Waals surface area contributed by atoms with Crippen LogP contribution in [0.25, 0.3) is 6.08 Å². The number of ether oxygens (including phenoxy) is 1. The number of rotatable bonds is 3. The minimum atomic E-state index is -0.465. The summed E-state index contributed by atoms with van der Waals surface area (Å²) in [5, 5.41) is 0. The highest BCUT2D eigenvalue weighted by Gasteiger charge is 2.31. The fourth-order valence-corrected chi connectivity index (χ4v) is 2.45. The Morgan fingerprint density at radius 2 is 2.00 bits per heavy atom. The number of methoxy groups -OCH3 is 1. The highest BCUT2D eigenvalue weighted by Crippen LogP contribution is 2.19. The molecule has 1 aliphatic rings. The molecular weight excluding hydrogens is 268 g/mol. The van der Waals surface area contributed by atoms with Gasteiger partial charge in [-0.05, 0) is 43.0 Å². The van der Waals surface area contributed by atoms with Gasteiger partial charge in [-0.3, -0.25) is 4.79 Å². The molecule has 0 saturated carbocycles. The molecule has 1 aromatic rings. The van der Waals surface area contributed by atoms with Crippen molar-refractivity contribution in [3.05, 3.63) is 35.9 Å². The van der Waals surface area contributed by atoms with Crippen LogP contribution in [-0.4, -0.2) is 36.5 Å². The number of anilines is 1. The number of piperidine rings is 1. The van der Waals surface area contributed by atoms with Gasteiger partial charge in [-0.1, -0.05) is 12.1 Å². The number of amides is 1. The molecule has 1 fully saturated rings. The van der Waals surface area contributed by atoms with Gasteiger partial charge in [0.05, 0.1) is 7.11 Å². The predicted octanol–water partition coefficient (Wildman–Crippen LogP) is 1.84. The highest BCUT2D eigenvalue weighted by atomic mass is 16.5. The van der Waals surface area contributed by atoms with Crippen molar-refractivity contribution >= 4 is 23.6 Å². The Kier molecular flexibility index (Phi) is 4.98. The monoisotopic (exact) mass is 288 g/mol. The number of benzene rings is 1. The lowest BCUT2D eigenvalue weighted by molar-refractivity contribution is -0.153. The van der Waals surface area contributed by atoms with Gasteiger partial charge in [0, 0.05) is 18.3 Å². The van der Waals surface area contributed by atoms with Crippen LogP contribution in [0.3, 0.4) is 0 Å². The minimum absolute atomic E-state index is 0.165. The SMILES string of the molecule is COC(=O)C1CCCCN1C(=O)/C=C/c1ccc(N)cc1. The van der Waals surface area contributed by atoms with Gasteiger partial charge in [-0.15, -0.1) is 0 Å². The Balaban J connectivity index is 2.06. The number of hydrogen-bond donors (Lipinski definition) is 1. The molecular formula is C16H20N2O3. The van der Waals surface area contributed by atoms with Gasteiger partial charge in [0.15, 0.2) is 0 Å². The van der Waals surface area contributed by atoms with Crippen LogP contribution in [0.1, 0.15) is 24.8 Å². The van der Waals surface area contributed by atoms with E-state index in [-0.39, 0.29) is 11.9 Å². The second-order valence-corrected chi connectivity index (χ2v) is 5.07. The normalized spacial score (nSPS) is 18.7. The molecule has 0 bridgehead atoms. The summed E-state index contributed by atoms with van der Waals surface area (Å²) in [6, 6.07) is 6.78. The van der Waals surface area contributed by atoms with Gasteiger partial charge in [0.2, 0.25) is 5.91 Å². The first-order chi connectivity index (χ1) is 10.1. The van der Waals surface area contributed by atoms with E-state index < -0.39 is 6.04 Å². The Bertz CT molecular complexity index is 537. The predicted molar refractivity (Wildman–Crippen MR) is 81.3 cm³/mol. The number of nitrogen functional groups attached to an aromatic ring is 1. The van der Waals surface area contributed by atoms with Crippen molar-refractivity contribution in [3.8, 4) is 0 Å². The number of hydrogen-bond acceptors (Lipinski definition) is 4. The lowest BCUT2D eigenvalue weighted by Gasteiger charge is -2.32. The average molecular weight is 288 g/mol. The van der Waals surface area contributed by atoms with Crippen LogP contribution >= 0.6 is 0 Å². The van der Waals surface area contributed by atoms with E-state index in [0.717, 1.165) is 18.4 Å². The zero-order chi connectivity index (χ0) is 15.2. The molecule has 0 aliphatic carbocycles. The number of likely N-dealkylation sites (tertiary alicyclic amines) is 1. The van der Waals surface area contributed by atoms with E-state index in [4.69, 9.17) is 10.5 Å². The van der Waals surface area contributed by atoms with Crippen molar-refractivity contribution in [2.24, 2.45) is 0 Å². The lowest BCUT2D eigenvalue weighted by atomic mass is 10.0. The summed E-state index contributed by atoms with van der Waals surface area (Å²) in [5.74, 6) is -0.508. The van der Waals surface area contributed by atoms with Crippen molar-refractivity contribution < 1.29 is 14.3 Å². The molecule has 5 nitrogen and oxygen atoms in total. The quantitative estimate of drug-likeness (QED) is 0.523. The van der Waals surface area contributed by atoms with E-state index in [0.29, 0.717) is 18.7 Å². The highest BCUT2D eigenvalue weighted by molar-refractivity contribution is 5.94. The zero-order valence-electron chi connectivity index (χ0n) is 12.1. The fourth-order valence-electron chi connectivity index (χ4n) is 2.45. The molecule has 1 heterocycles. The van der Waals surface area contributed by atoms with E-state index in [1.165, 1.54) is 13.2 Å². The number of esters is 1. The van der Waals surface area contributed by atoms with Gasteiger partial charge in [-0.25, -0.2) is 4.79 Å². The van der Waals surface area contributed by atoms with Crippen molar-refractivity contribution in [2.45, 2.75) is 25.3 Å². The van der Waals surface area contributed by atoms with Crippen molar-refractivity contribution in [1.82, 2.24) is 4.90 Å². The number of nitrogens with two attached hydrogens (primary N) is 1. The molecule has 2 N–H and O–H groups in total. The summed E-state index contributed by atoms with van der Waals surface area (Å²) in [6.07, 6.45) is 5.73. The Hall–Kier alpha value is -2.30. The van der Waals surface area contributed by atoms with Crippen LogP contribution in [0, 0.1) is 0 Å². The number of carbonyl (C=O) groups is 2. The first kappa shape index (κ1) is 15.1. The summed E-state index contributed by atoms with van der Waals surface area (Å²) >= 11 is 0. The molecule has 5 heteroatoms. The van der Waals surface area contributed by atoms with Crippen LogP contribution in [0.4, 0.5) is 5.69 Å². The van der Waals surface area contributed by atoms with E-state index in [9.17, 15) is 9.59 Å². The molecule has 1 amide bonds. The van der Waals surface area contributed by atoms with E-state index in [1.54, 1.807) is 23.1 Å². The summed E-state index contributed by atoms with van der Waals surface area (Å²) in [7, 11) is 1.35. The Morgan fingerprint density at radius 1 is 1.29 bits per heavy atom. The zero-order valence-corrected chi connectivity index (χ0v) is 12.1. The van der Waals surface area contributed by atoms with Gasteiger partial charge in [0.25, 0.3) is 0 Å². The van der Waals surface area contributed by atoms with Gasteiger partial charge in [-0.2, -0.15) is 0 Å².